The Morgan fingerprint density at radius 3 is 2.89 bits per heavy atom. The maximum absolute atomic E-state index is 12.1. The van der Waals surface area contributed by atoms with Gasteiger partial charge in [0, 0.05) is 69.1 Å². The zero-order valence-electron chi connectivity index (χ0n) is 19.5. The molecule has 6 rings (SSSR count). The highest BCUT2D eigenvalue weighted by molar-refractivity contribution is 5.78. The molecule has 1 unspecified atom stereocenters. The first kappa shape index (κ1) is 22.1. The molecular weight excluding hydrogens is 446 g/mol. The van der Waals surface area contributed by atoms with Crippen LogP contribution in [0.15, 0.2) is 48.8 Å². The molecule has 2 aromatic heterocycles. The van der Waals surface area contributed by atoms with Crippen LogP contribution in [0.1, 0.15) is 24.8 Å². The van der Waals surface area contributed by atoms with Crippen LogP contribution >= 0.6 is 0 Å². The van der Waals surface area contributed by atoms with Crippen molar-refractivity contribution >= 4 is 5.91 Å². The van der Waals surface area contributed by atoms with Gasteiger partial charge < -0.3 is 19.5 Å². The Bertz CT molecular complexity index is 1180. The van der Waals surface area contributed by atoms with E-state index < -0.39 is 6.10 Å². The van der Waals surface area contributed by atoms with Gasteiger partial charge >= 0.3 is 0 Å². The molecule has 0 radical (unpaired) electrons. The van der Waals surface area contributed by atoms with Crippen LogP contribution in [-0.4, -0.2) is 80.4 Å². The summed E-state index contributed by atoms with van der Waals surface area (Å²) in [6.45, 7) is 2.95. The first-order chi connectivity index (χ1) is 17.1. The Labute approximate surface area is 203 Å². The van der Waals surface area contributed by atoms with E-state index in [1.54, 1.807) is 12.4 Å². The average molecular weight is 476 g/mol. The maximum atomic E-state index is 12.1. The molecule has 182 valence electrons. The third-order valence-corrected chi connectivity index (χ3v) is 7.15. The number of amides is 1. The van der Waals surface area contributed by atoms with Gasteiger partial charge in [0.1, 0.15) is 17.6 Å². The zero-order valence-corrected chi connectivity index (χ0v) is 19.5. The molecule has 3 aromatic rings. The molecule has 2 saturated heterocycles. The fourth-order valence-electron chi connectivity index (χ4n) is 5.40. The SMILES string of the molecule is O=C1CCCN1C1CCN(C[C@H]2Cc3ccc(Oc4ccc(-c5ccn[nH]5)cn4)cc3O2)C[C@H]1O. The Hall–Kier alpha value is -3.43. The Kier molecular flexibility index (Phi) is 5.87. The van der Waals surface area contributed by atoms with Crippen molar-refractivity contribution in [2.45, 2.75) is 43.9 Å². The maximum Gasteiger partial charge on any atom is 0.222 e. The third-order valence-electron chi connectivity index (χ3n) is 7.15. The van der Waals surface area contributed by atoms with Crippen molar-refractivity contribution in [3.8, 4) is 28.6 Å². The lowest BCUT2D eigenvalue weighted by Crippen LogP contribution is -2.55. The summed E-state index contributed by atoms with van der Waals surface area (Å²) >= 11 is 0. The minimum Gasteiger partial charge on any atom is -0.488 e. The number of hydrogen-bond acceptors (Lipinski definition) is 7. The van der Waals surface area contributed by atoms with Gasteiger partial charge in [-0.15, -0.1) is 0 Å². The number of carbonyl (C=O) groups excluding carboxylic acids is 1. The summed E-state index contributed by atoms with van der Waals surface area (Å²) in [4.78, 5) is 20.6. The number of rotatable bonds is 6. The summed E-state index contributed by atoms with van der Waals surface area (Å²) in [5, 5.41) is 17.6. The summed E-state index contributed by atoms with van der Waals surface area (Å²) in [5.74, 6) is 2.20. The second-order valence-corrected chi connectivity index (χ2v) is 9.54. The van der Waals surface area contributed by atoms with Crippen LogP contribution in [0.2, 0.25) is 0 Å². The van der Waals surface area contributed by atoms with Crippen molar-refractivity contribution in [1.29, 1.82) is 0 Å². The molecule has 0 saturated carbocycles. The normalized spacial score (nSPS) is 24.4. The van der Waals surface area contributed by atoms with Crippen molar-refractivity contribution in [1.82, 2.24) is 25.0 Å². The molecule has 9 heteroatoms. The van der Waals surface area contributed by atoms with Gasteiger partial charge in [-0.1, -0.05) is 6.07 Å². The minimum absolute atomic E-state index is 0.0317. The minimum atomic E-state index is -0.512. The van der Waals surface area contributed by atoms with E-state index in [9.17, 15) is 9.90 Å². The van der Waals surface area contributed by atoms with E-state index >= 15 is 0 Å². The number of nitrogens with zero attached hydrogens (tertiary/aromatic N) is 4. The van der Waals surface area contributed by atoms with E-state index in [1.165, 1.54) is 0 Å². The summed E-state index contributed by atoms with van der Waals surface area (Å²) in [6, 6.07) is 11.5. The van der Waals surface area contributed by atoms with Crippen molar-refractivity contribution in [3.05, 3.63) is 54.4 Å². The molecule has 0 bridgehead atoms. The van der Waals surface area contributed by atoms with Gasteiger partial charge in [0.2, 0.25) is 11.8 Å². The van der Waals surface area contributed by atoms with E-state index in [-0.39, 0.29) is 18.1 Å². The van der Waals surface area contributed by atoms with Gasteiger partial charge in [-0.25, -0.2) is 4.98 Å². The molecule has 35 heavy (non-hydrogen) atoms. The van der Waals surface area contributed by atoms with Crippen molar-refractivity contribution in [2.75, 3.05) is 26.2 Å². The predicted molar refractivity (Wildman–Crippen MR) is 128 cm³/mol. The highest BCUT2D eigenvalue weighted by Gasteiger charge is 2.37. The number of aliphatic hydroxyl groups excluding tert-OH is 1. The van der Waals surface area contributed by atoms with E-state index in [4.69, 9.17) is 9.47 Å². The van der Waals surface area contributed by atoms with E-state index in [2.05, 4.69) is 20.1 Å². The number of benzene rings is 1. The first-order valence-corrected chi connectivity index (χ1v) is 12.3. The largest absolute Gasteiger partial charge is 0.488 e. The number of carbonyl (C=O) groups is 1. The fourth-order valence-corrected chi connectivity index (χ4v) is 5.40. The average Bonchev–Trinajstić information content (AvgIpc) is 3.61. The number of nitrogens with one attached hydrogen (secondary N) is 1. The van der Waals surface area contributed by atoms with Crippen LogP contribution in [0, 0.1) is 0 Å². The lowest BCUT2D eigenvalue weighted by atomic mass is 9.99. The van der Waals surface area contributed by atoms with Crippen LogP contribution in [0.5, 0.6) is 17.4 Å². The molecule has 0 aliphatic carbocycles. The van der Waals surface area contributed by atoms with Crippen LogP contribution < -0.4 is 9.47 Å². The third kappa shape index (κ3) is 4.61. The molecule has 1 aromatic carbocycles. The monoisotopic (exact) mass is 475 g/mol. The molecule has 0 spiro atoms. The molecule has 3 aliphatic rings. The number of aromatic amines is 1. The molecule has 2 N–H and O–H groups in total. The van der Waals surface area contributed by atoms with E-state index in [0.717, 1.165) is 61.5 Å². The van der Waals surface area contributed by atoms with Gasteiger partial charge in [0.25, 0.3) is 0 Å². The lowest BCUT2D eigenvalue weighted by Gasteiger charge is -2.40. The number of aliphatic hydroxyl groups is 1. The number of ether oxygens (including phenoxy) is 2. The highest BCUT2D eigenvalue weighted by Crippen LogP contribution is 2.35. The number of H-pyrrole nitrogens is 1. The van der Waals surface area contributed by atoms with Crippen molar-refractivity contribution < 1.29 is 19.4 Å². The van der Waals surface area contributed by atoms with E-state index in [0.29, 0.717) is 24.6 Å². The molecule has 1 amide bonds. The Morgan fingerprint density at radius 1 is 1.20 bits per heavy atom. The van der Waals surface area contributed by atoms with Gasteiger partial charge in [-0.2, -0.15) is 5.10 Å². The topological polar surface area (TPSA) is 104 Å². The standard InChI is InChI=1S/C26H29N5O4/c32-23-16-30(11-8-22(23)31-10-1-2-26(31)33)15-20-12-17-3-5-19(13-24(17)34-20)35-25-6-4-18(14-27-25)21-7-9-28-29-21/h3-7,9,13-14,20,22-23,32H,1-2,8,10-12,15-16H2,(H,28,29)/t20-,22?,23-/m1/s1. The Balaban J connectivity index is 1.04. The lowest BCUT2D eigenvalue weighted by molar-refractivity contribution is -0.134. The van der Waals surface area contributed by atoms with Gasteiger partial charge in [-0.3, -0.25) is 14.8 Å². The Morgan fingerprint density at radius 2 is 2.14 bits per heavy atom. The molecule has 5 heterocycles. The molecule has 9 nitrogen and oxygen atoms in total. The quantitative estimate of drug-likeness (QED) is 0.565. The number of pyridine rings is 1. The van der Waals surface area contributed by atoms with Gasteiger partial charge in [-0.05, 0) is 36.6 Å². The fraction of sp³-hybridized carbons (Fsp3) is 0.423. The van der Waals surface area contributed by atoms with Gasteiger partial charge in [0.15, 0.2) is 0 Å². The van der Waals surface area contributed by atoms with E-state index in [1.807, 2.05) is 41.3 Å². The number of fused-ring (bicyclic) bond motifs is 1. The number of β-amino-alcohol motifs (C(OH)–C–C–N with tert-alkyl or cyclic N) is 1. The smallest absolute Gasteiger partial charge is 0.222 e. The number of hydrogen-bond donors (Lipinski definition) is 2. The second-order valence-electron chi connectivity index (χ2n) is 9.54. The number of piperidine rings is 1. The summed E-state index contributed by atoms with van der Waals surface area (Å²) < 4.78 is 12.2. The molecular formula is C26H29N5O4. The summed E-state index contributed by atoms with van der Waals surface area (Å²) in [7, 11) is 0. The zero-order chi connectivity index (χ0) is 23.8. The molecule has 3 aliphatic heterocycles. The predicted octanol–water partition coefficient (Wildman–Crippen LogP) is 2.63. The van der Waals surface area contributed by atoms with Crippen LogP contribution in [0.25, 0.3) is 11.3 Å². The van der Waals surface area contributed by atoms with Crippen molar-refractivity contribution in [3.63, 3.8) is 0 Å². The number of aromatic nitrogens is 3. The van der Waals surface area contributed by atoms with Gasteiger partial charge in [0.05, 0.1) is 17.8 Å². The second kappa shape index (κ2) is 9.31. The highest BCUT2D eigenvalue weighted by atomic mass is 16.5. The first-order valence-electron chi connectivity index (χ1n) is 12.3. The number of likely N-dealkylation sites (tertiary alicyclic amines) is 2. The molecule has 2 fully saturated rings. The van der Waals surface area contributed by atoms with Crippen LogP contribution in [0.3, 0.4) is 0 Å². The van der Waals surface area contributed by atoms with Crippen LogP contribution in [0.4, 0.5) is 0 Å². The van der Waals surface area contributed by atoms with Crippen molar-refractivity contribution in [2.24, 2.45) is 0 Å². The molecule has 3 atom stereocenters. The van der Waals surface area contributed by atoms with Crippen LogP contribution in [-0.2, 0) is 11.2 Å². The summed E-state index contributed by atoms with van der Waals surface area (Å²) in [6.07, 6.45) is 6.12. The summed E-state index contributed by atoms with van der Waals surface area (Å²) in [5.41, 5.74) is 3.00.